The first kappa shape index (κ1) is 16.0. The predicted molar refractivity (Wildman–Crippen MR) is 92.1 cm³/mol. The Bertz CT molecular complexity index is 616. The Morgan fingerprint density at radius 1 is 1.08 bits per heavy atom. The standard InChI is InChI=1S/C18H26N2O4/c1-17(2)22-11-18(12-23-17)10-13-8-14(19-3)15(9-16(13)24-18)20-4-6-21-7-5-20/h8-9,19H,4-7,10-12H2,1-3H3. The lowest BCUT2D eigenvalue weighted by molar-refractivity contribution is -0.292. The molecule has 1 aromatic carbocycles. The van der Waals surface area contributed by atoms with Gasteiger partial charge in [-0.3, -0.25) is 0 Å². The SMILES string of the molecule is CNc1cc2c(cc1N1CCOCC1)OC1(COC(C)(C)OC1)C2. The van der Waals surface area contributed by atoms with Crippen molar-refractivity contribution >= 4 is 11.4 Å². The predicted octanol–water partition coefficient (Wildman–Crippen LogP) is 2.02. The number of rotatable bonds is 2. The van der Waals surface area contributed by atoms with Crippen molar-refractivity contribution in [3.8, 4) is 5.75 Å². The Labute approximate surface area is 143 Å². The van der Waals surface area contributed by atoms with Crippen LogP contribution >= 0.6 is 0 Å². The van der Waals surface area contributed by atoms with Gasteiger partial charge in [-0.1, -0.05) is 0 Å². The maximum Gasteiger partial charge on any atom is 0.163 e. The number of ether oxygens (including phenoxy) is 4. The number of nitrogens with zero attached hydrogens (tertiary/aromatic N) is 1. The molecule has 0 unspecified atom stereocenters. The van der Waals surface area contributed by atoms with Crippen LogP contribution in [0.5, 0.6) is 5.75 Å². The van der Waals surface area contributed by atoms with Gasteiger partial charge in [-0.25, -0.2) is 0 Å². The van der Waals surface area contributed by atoms with Gasteiger partial charge in [0.05, 0.1) is 37.8 Å². The highest BCUT2D eigenvalue weighted by molar-refractivity contribution is 5.74. The molecule has 0 aliphatic carbocycles. The first-order chi connectivity index (χ1) is 11.5. The molecule has 0 aromatic heterocycles. The minimum absolute atomic E-state index is 0.396. The van der Waals surface area contributed by atoms with E-state index in [1.54, 1.807) is 0 Å². The highest BCUT2D eigenvalue weighted by atomic mass is 16.7. The van der Waals surface area contributed by atoms with Crippen molar-refractivity contribution in [2.24, 2.45) is 0 Å². The van der Waals surface area contributed by atoms with E-state index in [9.17, 15) is 0 Å². The molecule has 2 saturated heterocycles. The fraction of sp³-hybridized carbons (Fsp3) is 0.667. The third-order valence-electron chi connectivity index (χ3n) is 5.00. The molecular formula is C18H26N2O4. The summed E-state index contributed by atoms with van der Waals surface area (Å²) in [5, 5.41) is 3.33. The van der Waals surface area contributed by atoms with Gasteiger partial charge in [0.25, 0.3) is 0 Å². The van der Waals surface area contributed by atoms with Gasteiger partial charge in [-0.15, -0.1) is 0 Å². The van der Waals surface area contributed by atoms with Gasteiger partial charge < -0.3 is 29.2 Å². The first-order valence-corrected chi connectivity index (χ1v) is 8.65. The summed E-state index contributed by atoms with van der Waals surface area (Å²) in [6.45, 7) is 8.32. The minimum atomic E-state index is -0.529. The van der Waals surface area contributed by atoms with Crippen LogP contribution in [0.4, 0.5) is 11.4 Å². The maximum atomic E-state index is 6.32. The molecule has 0 atom stereocenters. The molecule has 6 nitrogen and oxygen atoms in total. The van der Waals surface area contributed by atoms with Crippen molar-refractivity contribution in [3.05, 3.63) is 17.7 Å². The number of hydrogen-bond acceptors (Lipinski definition) is 6. The summed E-state index contributed by atoms with van der Waals surface area (Å²) in [5.41, 5.74) is 3.12. The van der Waals surface area contributed by atoms with Crippen molar-refractivity contribution in [2.45, 2.75) is 31.7 Å². The highest BCUT2D eigenvalue weighted by Gasteiger charge is 2.46. The topological polar surface area (TPSA) is 52.2 Å². The van der Waals surface area contributed by atoms with E-state index in [1.807, 2.05) is 20.9 Å². The van der Waals surface area contributed by atoms with Crippen LogP contribution in [0.2, 0.25) is 0 Å². The lowest BCUT2D eigenvalue weighted by atomic mass is 9.97. The van der Waals surface area contributed by atoms with E-state index in [0.717, 1.165) is 44.2 Å². The second kappa shape index (κ2) is 5.79. The zero-order valence-corrected chi connectivity index (χ0v) is 14.7. The minimum Gasteiger partial charge on any atom is -0.482 e. The van der Waals surface area contributed by atoms with Crippen LogP contribution in [0.3, 0.4) is 0 Å². The molecule has 1 aromatic rings. The molecule has 0 amide bonds. The third-order valence-corrected chi connectivity index (χ3v) is 5.00. The molecule has 132 valence electrons. The van der Waals surface area contributed by atoms with Crippen molar-refractivity contribution in [1.82, 2.24) is 0 Å². The number of hydrogen-bond donors (Lipinski definition) is 1. The molecular weight excluding hydrogens is 308 g/mol. The summed E-state index contributed by atoms with van der Waals surface area (Å²) in [5.74, 6) is 0.417. The number of nitrogens with one attached hydrogen (secondary N) is 1. The van der Waals surface area contributed by atoms with Crippen LogP contribution in [-0.4, -0.2) is 58.0 Å². The molecule has 1 N–H and O–H groups in total. The van der Waals surface area contributed by atoms with Gasteiger partial charge >= 0.3 is 0 Å². The normalized spacial score (nSPS) is 24.5. The third kappa shape index (κ3) is 2.83. The van der Waals surface area contributed by atoms with Crippen LogP contribution < -0.4 is 15.0 Å². The fourth-order valence-corrected chi connectivity index (χ4v) is 3.58. The number of morpholine rings is 1. The largest absolute Gasteiger partial charge is 0.482 e. The Balaban J connectivity index is 1.60. The van der Waals surface area contributed by atoms with E-state index in [4.69, 9.17) is 18.9 Å². The quantitative estimate of drug-likeness (QED) is 0.893. The molecule has 3 aliphatic rings. The van der Waals surface area contributed by atoms with Gasteiger partial charge in [0.1, 0.15) is 5.75 Å². The summed E-state index contributed by atoms with van der Waals surface area (Å²) >= 11 is 0. The molecule has 24 heavy (non-hydrogen) atoms. The number of fused-ring (bicyclic) bond motifs is 1. The van der Waals surface area contributed by atoms with Gasteiger partial charge in [0.15, 0.2) is 11.4 Å². The Kier molecular flexibility index (Phi) is 3.86. The van der Waals surface area contributed by atoms with Crippen LogP contribution in [-0.2, 0) is 20.6 Å². The first-order valence-electron chi connectivity index (χ1n) is 8.65. The molecule has 0 saturated carbocycles. The van der Waals surface area contributed by atoms with E-state index >= 15 is 0 Å². The molecule has 0 bridgehead atoms. The van der Waals surface area contributed by atoms with E-state index < -0.39 is 11.4 Å². The smallest absolute Gasteiger partial charge is 0.163 e. The molecule has 2 fully saturated rings. The number of anilines is 2. The van der Waals surface area contributed by atoms with Crippen LogP contribution in [0, 0.1) is 0 Å². The molecule has 3 heterocycles. The Morgan fingerprint density at radius 2 is 1.79 bits per heavy atom. The number of benzene rings is 1. The molecule has 3 aliphatic heterocycles. The molecule has 6 heteroatoms. The van der Waals surface area contributed by atoms with Crippen LogP contribution in [0.25, 0.3) is 0 Å². The van der Waals surface area contributed by atoms with Gasteiger partial charge in [0, 0.05) is 38.2 Å². The van der Waals surface area contributed by atoms with Crippen molar-refractivity contribution in [1.29, 1.82) is 0 Å². The molecule has 1 spiro atoms. The maximum absolute atomic E-state index is 6.32. The lowest BCUT2D eigenvalue weighted by Gasteiger charge is -2.40. The van der Waals surface area contributed by atoms with Crippen molar-refractivity contribution in [3.63, 3.8) is 0 Å². The highest BCUT2D eigenvalue weighted by Crippen LogP contribution is 2.43. The summed E-state index contributed by atoms with van der Waals surface area (Å²) in [4.78, 5) is 2.35. The summed E-state index contributed by atoms with van der Waals surface area (Å²) in [7, 11) is 1.96. The van der Waals surface area contributed by atoms with E-state index in [0.29, 0.717) is 13.2 Å². The summed E-state index contributed by atoms with van der Waals surface area (Å²) < 4.78 is 23.5. The average molecular weight is 334 g/mol. The Morgan fingerprint density at radius 3 is 2.46 bits per heavy atom. The summed E-state index contributed by atoms with van der Waals surface area (Å²) in [6.07, 6.45) is 0.816. The molecule has 4 rings (SSSR count). The van der Waals surface area contributed by atoms with Crippen LogP contribution in [0.1, 0.15) is 19.4 Å². The van der Waals surface area contributed by atoms with E-state index in [1.165, 1.54) is 11.3 Å². The van der Waals surface area contributed by atoms with Crippen LogP contribution in [0.15, 0.2) is 12.1 Å². The monoisotopic (exact) mass is 334 g/mol. The van der Waals surface area contributed by atoms with Gasteiger partial charge in [-0.2, -0.15) is 0 Å². The fourth-order valence-electron chi connectivity index (χ4n) is 3.58. The lowest BCUT2D eigenvalue weighted by Crippen LogP contribution is -2.54. The Hall–Kier alpha value is -1.50. The van der Waals surface area contributed by atoms with Crippen molar-refractivity contribution in [2.75, 3.05) is 56.8 Å². The molecule has 0 radical (unpaired) electrons. The second-order valence-corrected chi connectivity index (χ2v) is 7.27. The van der Waals surface area contributed by atoms with E-state index in [2.05, 4.69) is 22.3 Å². The van der Waals surface area contributed by atoms with Gasteiger partial charge in [-0.05, 0) is 19.9 Å². The van der Waals surface area contributed by atoms with Gasteiger partial charge in [0.2, 0.25) is 0 Å². The zero-order valence-electron chi connectivity index (χ0n) is 14.7. The second-order valence-electron chi connectivity index (χ2n) is 7.27. The zero-order chi connectivity index (χ0) is 16.8. The van der Waals surface area contributed by atoms with Crippen molar-refractivity contribution < 1.29 is 18.9 Å². The summed E-state index contributed by atoms with van der Waals surface area (Å²) in [6, 6.07) is 4.36. The van der Waals surface area contributed by atoms with E-state index in [-0.39, 0.29) is 0 Å². The average Bonchev–Trinajstić information content (AvgIpc) is 2.95.